The maximum absolute atomic E-state index is 11.6. The van der Waals surface area contributed by atoms with Gasteiger partial charge in [-0.05, 0) is 46.2 Å². The molecule has 1 amide bonds. The summed E-state index contributed by atoms with van der Waals surface area (Å²) in [5, 5.41) is 13.5. The molecule has 3 rings (SSSR count). The van der Waals surface area contributed by atoms with Crippen molar-refractivity contribution >= 4 is 32.8 Å². The lowest BCUT2D eigenvalue weighted by atomic mass is 10.1. The van der Waals surface area contributed by atoms with Crippen molar-refractivity contribution in [2.45, 2.75) is 45.7 Å². The molecule has 8 heteroatoms. The average molecular weight is 404 g/mol. The Balaban J connectivity index is 1.77. The zero-order valence-corrected chi connectivity index (χ0v) is 17.4. The first-order valence-corrected chi connectivity index (χ1v) is 10.00. The normalized spacial score (nSPS) is 14.1. The van der Waals surface area contributed by atoms with E-state index in [0.29, 0.717) is 37.7 Å². The smallest absolute Gasteiger partial charge is 0.407 e. The predicted molar refractivity (Wildman–Crippen MR) is 111 cm³/mol. The summed E-state index contributed by atoms with van der Waals surface area (Å²) in [7, 11) is 0. The highest BCUT2D eigenvalue weighted by atomic mass is 32.1. The first kappa shape index (κ1) is 20.1. The summed E-state index contributed by atoms with van der Waals surface area (Å²) >= 11 is 1.51. The van der Waals surface area contributed by atoms with Crippen LogP contribution in [0.5, 0.6) is 11.5 Å². The molecule has 150 valence electrons. The number of carbonyl (C=O) groups is 1. The van der Waals surface area contributed by atoms with Crippen LogP contribution in [-0.2, 0) is 0 Å². The number of anilines is 1. The Morgan fingerprint density at radius 3 is 2.82 bits per heavy atom. The van der Waals surface area contributed by atoms with Gasteiger partial charge in [0.15, 0.2) is 16.6 Å². The minimum Gasteiger partial charge on any atom is -0.486 e. The lowest BCUT2D eigenvalue weighted by Crippen LogP contribution is -2.46. The van der Waals surface area contributed by atoms with E-state index in [2.05, 4.69) is 22.1 Å². The molecular formula is C20H25N3O4S. The first-order valence-electron chi connectivity index (χ1n) is 9.18. The number of hydrogen-bond donors (Lipinski definition) is 2. The minimum absolute atomic E-state index is 0.206. The van der Waals surface area contributed by atoms with Crippen LogP contribution in [-0.4, -0.2) is 52.4 Å². The third-order valence-electron chi connectivity index (χ3n) is 4.36. The van der Waals surface area contributed by atoms with Crippen LogP contribution >= 0.6 is 11.3 Å². The Labute approximate surface area is 168 Å². The van der Waals surface area contributed by atoms with Crippen molar-refractivity contribution in [3.05, 3.63) is 12.1 Å². The van der Waals surface area contributed by atoms with E-state index in [4.69, 9.17) is 9.47 Å². The van der Waals surface area contributed by atoms with E-state index < -0.39 is 11.6 Å². The van der Waals surface area contributed by atoms with Gasteiger partial charge in [0.1, 0.15) is 18.7 Å². The zero-order valence-electron chi connectivity index (χ0n) is 16.5. The van der Waals surface area contributed by atoms with Gasteiger partial charge in [0, 0.05) is 12.1 Å². The van der Waals surface area contributed by atoms with Gasteiger partial charge in [-0.25, -0.2) is 9.78 Å². The fourth-order valence-electron chi connectivity index (χ4n) is 3.04. The predicted octanol–water partition coefficient (Wildman–Crippen LogP) is 4.04. The largest absolute Gasteiger partial charge is 0.486 e. The average Bonchev–Trinajstić information content (AvgIpc) is 3.03. The van der Waals surface area contributed by atoms with E-state index in [-0.39, 0.29) is 6.04 Å². The lowest BCUT2D eigenvalue weighted by Gasteiger charge is -2.33. The summed E-state index contributed by atoms with van der Waals surface area (Å²) < 4.78 is 12.3. The molecule has 2 N–H and O–H groups in total. The summed E-state index contributed by atoms with van der Waals surface area (Å²) in [6.07, 6.45) is -0.377. The Hall–Kier alpha value is -2.66. The maximum Gasteiger partial charge on any atom is 0.407 e. The van der Waals surface area contributed by atoms with Crippen molar-refractivity contribution in [1.82, 2.24) is 9.88 Å². The molecule has 7 nitrogen and oxygen atoms in total. The summed E-state index contributed by atoms with van der Waals surface area (Å²) in [6.45, 7) is 8.84. The molecule has 2 aromatic rings. The molecule has 2 heterocycles. The van der Waals surface area contributed by atoms with Crippen LogP contribution in [0.3, 0.4) is 0 Å². The van der Waals surface area contributed by atoms with Crippen molar-refractivity contribution in [3.63, 3.8) is 0 Å². The zero-order chi connectivity index (χ0) is 20.3. The second-order valence-corrected chi connectivity index (χ2v) is 8.47. The van der Waals surface area contributed by atoms with Crippen molar-refractivity contribution < 1.29 is 19.4 Å². The molecular weight excluding hydrogens is 378 g/mol. The monoisotopic (exact) mass is 403 g/mol. The van der Waals surface area contributed by atoms with E-state index in [1.54, 1.807) is 6.92 Å². The van der Waals surface area contributed by atoms with Crippen LogP contribution in [0.2, 0.25) is 0 Å². The molecule has 0 bridgehead atoms. The number of thiazole rings is 1. The molecule has 28 heavy (non-hydrogen) atoms. The van der Waals surface area contributed by atoms with E-state index in [1.807, 2.05) is 32.9 Å². The number of hydrogen-bond acceptors (Lipinski definition) is 6. The molecule has 0 fully saturated rings. The highest BCUT2D eigenvalue weighted by Gasteiger charge is 2.26. The van der Waals surface area contributed by atoms with Gasteiger partial charge in [0.2, 0.25) is 0 Å². The van der Waals surface area contributed by atoms with E-state index in [1.165, 1.54) is 16.2 Å². The number of amides is 1. The number of nitrogens with one attached hydrogen (secondary N) is 1. The molecule has 0 aliphatic carbocycles. The Morgan fingerprint density at radius 2 is 2.14 bits per heavy atom. The van der Waals surface area contributed by atoms with Crippen molar-refractivity contribution in [2.24, 2.45) is 0 Å². The Kier molecular flexibility index (Phi) is 5.84. The van der Waals surface area contributed by atoms with Crippen molar-refractivity contribution in [3.8, 4) is 23.3 Å². The van der Waals surface area contributed by atoms with Crippen LogP contribution in [0, 0.1) is 11.8 Å². The molecule has 1 atom stereocenters. The quantitative estimate of drug-likeness (QED) is 0.733. The molecule has 0 saturated heterocycles. The van der Waals surface area contributed by atoms with Crippen molar-refractivity contribution in [1.29, 1.82) is 0 Å². The van der Waals surface area contributed by atoms with Crippen LogP contribution in [0.25, 0.3) is 10.2 Å². The molecule has 1 aromatic carbocycles. The van der Waals surface area contributed by atoms with Gasteiger partial charge in [0.25, 0.3) is 0 Å². The molecule has 0 unspecified atom stereocenters. The van der Waals surface area contributed by atoms with Crippen LogP contribution in [0.4, 0.5) is 9.93 Å². The second kappa shape index (κ2) is 8.15. The molecule has 0 radical (unpaired) electrons. The summed E-state index contributed by atoms with van der Waals surface area (Å²) in [6, 6.07) is 3.66. The van der Waals surface area contributed by atoms with Gasteiger partial charge in [-0.3, -0.25) is 0 Å². The van der Waals surface area contributed by atoms with Gasteiger partial charge in [-0.2, -0.15) is 0 Å². The van der Waals surface area contributed by atoms with Gasteiger partial charge in [-0.15, -0.1) is 5.92 Å². The number of ether oxygens (including phenoxy) is 2. The molecule has 1 aromatic heterocycles. The number of aromatic nitrogens is 1. The number of rotatable bonds is 5. The molecule has 0 spiro atoms. The van der Waals surface area contributed by atoms with E-state index in [0.717, 1.165) is 15.3 Å². The maximum atomic E-state index is 11.6. The first-order chi connectivity index (χ1) is 13.3. The van der Waals surface area contributed by atoms with E-state index in [9.17, 15) is 9.90 Å². The van der Waals surface area contributed by atoms with Crippen LogP contribution in [0.15, 0.2) is 12.1 Å². The lowest BCUT2D eigenvalue weighted by molar-refractivity contribution is 0.0994. The van der Waals surface area contributed by atoms with Gasteiger partial charge < -0.3 is 24.8 Å². The highest BCUT2D eigenvalue weighted by molar-refractivity contribution is 7.22. The topological polar surface area (TPSA) is 83.9 Å². The molecule has 1 aliphatic rings. The number of nitrogens with zero attached hydrogens (tertiary/aromatic N) is 2. The highest BCUT2D eigenvalue weighted by Crippen LogP contribution is 2.40. The number of fused-ring (bicyclic) bond motifs is 3. The Morgan fingerprint density at radius 1 is 1.39 bits per heavy atom. The molecule has 1 aliphatic heterocycles. The van der Waals surface area contributed by atoms with Crippen molar-refractivity contribution in [2.75, 3.05) is 25.1 Å². The number of benzene rings is 1. The van der Waals surface area contributed by atoms with Gasteiger partial charge in [-0.1, -0.05) is 17.3 Å². The van der Waals surface area contributed by atoms with E-state index >= 15 is 0 Å². The molecule has 0 saturated carbocycles. The summed E-state index contributed by atoms with van der Waals surface area (Å²) in [5.74, 6) is 7.42. The third kappa shape index (κ3) is 4.42. The van der Waals surface area contributed by atoms with Gasteiger partial charge >= 0.3 is 6.09 Å². The van der Waals surface area contributed by atoms with Crippen LogP contribution in [0.1, 0.15) is 34.1 Å². The van der Waals surface area contributed by atoms with Gasteiger partial charge in [0.05, 0.1) is 10.7 Å². The SMILES string of the molecule is CC#C[C@@H](CCN(C(=O)O)C(C)(C)C)Nc1nc2c3c(ccc2s1)OCCO3. The number of carboxylic acid groups (broad SMARTS) is 1. The third-order valence-corrected chi connectivity index (χ3v) is 5.32. The fraction of sp³-hybridized carbons (Fsp3) is 0.500. The second-order valence-electron chi connectivity index (χ2n) is 7.44. The fourth-order valence-corrected chi connectivity index (χ4v) is 3.96. The standard InChI is InChI=1S/C20H25N3O4S/c1-5-6-13(9-10-23(19(24)25)20(2,3)4)21-18-22-16-15(28-18)8-7-14-17(16)27-12-11-26-14/h7-8,13H,9-12H2,1-4H3,(H,21,22)(H,24,25)/t13-/m0/s1. The van der Waals surface area contributed by atoms with Crippen LogP contribution < -0.4 is 14.8 Å². The minimum atomic E-state index is -0.931. The summed E-state index contributed by atoms with van der Waals surface area (Å²) in [4.78, 5) is 17.7. The Bertz CT molecular complexity index is 923. The summed E-state index contributed by atoms with van der Waals surface area (Å²) in [5.41, 5.74) is 0.303.